The van der Waals surface area contributed by atoms with E-state index in [9.17, 15) is 9.59 Å². The number of hydrogen-bond donors (Lipinski definition) is 0. The number of aromatic nitrogens is 2. The zero-order chi connectivity index (χ0) is 22.1. The molecule has 0 radical (unpaired) electrons. The lowest BCUT2D eigenvalue weighted by molar-refractivity contribution is -0.121. The Bertz CT molecular complexity index is 1100. The second kappa shape index (κ2) is 10.7. The molecule has 0 spiro atoms. The van der Waals surface area contributed by atoms with Gasteiger partial charge in [0.2, 0.25) is 0 Å². The second-order valence-electron chi connectivity index (χ2n) is 6.83. The molecule has 3 rings (SSSR count). The van der Waals surface area contributed by atoms with E-state index in [-0.39, 0.29) is 18.0 Å². The maximum absolute atomic E-state index is 12.2. The molecule has 0 fully saturated rings. The lowest BCUT2D eigenvalue weighted by Crippen LogP contribution is -2.02. The zero-order valence-corrected chi connectivity index (χ0v) is 17.5. The van der Waals surface area contributed by atoms with Crippen LogP contribution in [-0.4, -0.2) is 28.2 Å². The van der Waals surface area contributed by atoms with Crippen molar-refractivity contribution in [2.45, 2.75) is 13.0 Å². The molecule has 3 aromatic rings. The molecule has 158 valence electrons. The normalized spacial score (nSPS) is 11.2. The number of methoxy groups -OCH3 is 1. The minimum absolute atomic E-state index is 0.189. The Morgan fingerprint density at radius 1 is 1.03 bits per heavy atom. The lowest BCUT2D eigenvalue weighted by Gasteiger charge is -2.09. The monoisotopic (exact) mass is 416 g/mol. The Hall–Kier alpha value is -3.93. The van der Waals surface area contributed by atoms with Gasteiger partial charge in [-0.3, -0.25) is 14.6 Å². The van der Waals surface area contributed by atoms with E-state index in [1.54, 1.807) is 43.7 Å². The molecule has 0 atom stereocenters. The highest BCUT2D eigenvalue weighted by Gasteiger charge is 2.07. The highest BCUT2D eigenvalue weighted by atomic mass is 16.5. The number of ether oxygens (including phenoxy) is 2. The van der Waals surface area contributed by atoms with E-state index in [1.165, 1.54) is 12.2 Å². The van der Waals surface area contributed by atoms with Crippen LogP contribution in [0, 0.1) is 0 Å². The van der Waals surface area contributed by atoms with Crippen LogP contribution in [0.25, 0.3) is 12.2 Å². The summed E-state index contributed by atoms with van der Waals surface area (Å²) in [6.45, 7) is 0.343. The molecule has 0 N–H and O–H groups in total. The molecule has 0 amide bonds. The van der Waals surface area contributed by atoms with Crippen LogP contribution in [0.1, 0.15) is 23.4 Å². The van der Waals surface area contributed by atoms with Gasteiger partial charge >= 0.3 is 0 Å². The summed E-state index contributed by atoms with van der Waals surface area (Å²) in [5, 5.41) is 0. The van der Waals surface area contributed by atoms with E-state index < -0.39 is 0 Å². The van der Waals surface area contributed by atoms with Crippen molar-refractivity contribution in [3.63, 3.8) is 0 Å². The number of benzene rings is 1. The van der Waals surface area contributed by atoms with Gasteiger partial charge in [0.25, 0.3) is 0 Å². The molecule has 2 heterocycles. The Balaban J connectivity index is 1.57. The minimum atomic E-state index is -0.279. The number of pyridine rings is 1. The van der Waals surface area contributed by atoms with Crippen molar-refractivity contribution in [1.82, 2.24) is 9.55 Å². The molecule has 0 saturated carbocycles. The Morgan fingerprint density at radius 2 is 1.84 bits per heavy atom. The quantitative estimate of drug-likeness (QED) is 0.365. The predicted octanol–water partition coefficient (Wildman–Crippen LogP) is 4.26. The highest BCUT2D eigenvalue weighted by Crippen LogP contribution is 2.26. The van der Waals surface area contributed by atoms with E-state index in [0.29, 0.717) is 23.7 Å². The van der Waals surface area contributed by atoms with Gasteiger partial charge in [0.15, 0.2) is 11.6 Å². The molecule has 0 unspecified atom stereocenters. The fourth-order valence-corrected chi connectivity index (χ4v) is 2.86. The van der Waals surface area contributed by atoms with Crippen molar-refractivity contribution < 1.29 is 19.1 Å². The Morgan fingerprint density at radius 3 is 2.52 bits per heavy atom. The third-order valence-electron chi connectivity index (χ3n) is 4.54. The largest absolute Gasteiger partial charge is 0.496 e. The third kappa shape index (κ3) is 6.54. The van der Waals surface area contributed by atoms with Crippen LogP contribution in [0.4, 0.5) is 0 Å². The summed E-state index contributed by atoms with van der Waals surface area (Å²) >= 11 is 0. The van der Waals surface area contributed by atoms with E-state index in [0.717, 1.165) is 11.4 Å². The van der Waals surface area contributed by atoms with Crippen molar-refractivity contribution in [2.24, 2.45) is 7.05 Å². The van der Waals surface area contributed by atoms with Crippen LogP contribution in [0.5, 0.6) is 11.5 Å². The Labute approximate surface area is 181 Å². The number of aryl methyl sites for hydroxylation is 1. The molecule has 1 aromatic carbocycles. The molecule has 0 aliphatic heterocycles. The molecule has 31 heavy (non-hydrogen) atoms. The van der Waals surface area contributed by atoms with Crippen molar-refractivity contribution in [2.75, 3.05) is 7.11 Å². The molecule has 6 heteroatoms. The van der Waals surface area contributed by atoms with Gasteiger partial charge < -0.3 is 14.0 Å². The van der Waals surface area contributed by atoms with Crippen LogP contribution < -0.4 is 9.47 Å². The number of allylic oxidation sites excluding steroid dienone is 2. The number of rotatable bonds is 10. The fraction of sp³-hybridized carbons (Fsp3) is 0.160. The second-order valence-corrected chi connectivity index (χ2v) is 6.83. The average Bonchev–Trinajstić information content (AvgIpc) is 3.20. The summed E-state index contributed by atoms with van der Waals surface area (Å²) in [7, 11) is 3.44. The smallest absolute Gasteiger partial charge is 0.163 e. The van der Waals surface area contributed by atoms with Crippen molar-refractivity contribution in [3.05, 3.63) is 90.0 Å². The van der Waals surface area contributed by atoms with Gasteiger partial charge in [-0.25, -0.2) is 0 Å². The van der Waals surface area contributed by atoms with E-state index in [2.05, 4.69) is 4.98 Å². The van der Waals surface area contributed by atoms with Crippen LogP contribution in [0.2, 0.25) is 0 Å². The minimum Gasteiger partial charge on any atom is -0.496 e. The number of carbonyl (C=O) groups excluding carboxylic acids is 2. The first-order valence-corrected chi connectivity index (χ1v) is 9.79. The summed E-state index contributed by atoms with van der Waals surface area (Å²) in [6.07, 6.45) is 9.57. The number of nitrogens with zero attached hydrogens (tertiary/aromatic N) is 2. The maximum atomic E-state index is 12.2. The van der Waals surface area contributed by atoms with Gasteiger partial charge in [-0.1, -0.05) is 6.07 Å². The number of hydrogen-bond acceptors (Lipinski definition) is 5. The molecule has 0 saturated heterocycles. The molecule has 0 bridgehead atoms. The fourth-order valence-electron chi connectivity index (χ4n) is 2.86. The summed E-state index contributed by atoms with van der Waals surface area (Å²) in [4.78, 5) is 28.4. The van der Waals surface area contributed by atoms with E-state index in [4.69, 9.17) is 9.47 Å². The summed E-state index contributed by atoms with van der Waals surface area (Å²) < 4.78 is 13.0. The van der Waals surface area contributed by atoms with Gasteiger partial charge in [-0.15, -0.1) is 0 Å². The average molecular weight is 416 g/mol. The van der Waals surface area contributed by atoms with Crippen LogP contribution in [0.15, 0.2) is 73.1 Å². The zero-order valence-electron chi connectivity index (χ0n) is 17.5. The molecular formula is C25H24N2O4. The van der Waals surface area contributed by atoms with Gasteiger partial charge in [0, 0.05) is 36.8 Å². The van der Waals surface area contributed by atoms with Crippen LogP contribution >= 0.6 is 0 Å². The maximum Gasteiger partial charge on any atom is 0.163 e. The molecular weight excluding hydrogens is 392 g/mol. The van der Waals surface area contributed by atoms with Crippen molar-refractivity contribution in [1.29, 1.82) is 0 Å². The standard InChI is InChI=1S/C25H24N2O4/c1-27-15-5-7-21(27)10-12-23(29)16-22(28)11-8-19-9-13-24(17-25(19)30-2)31-18-20-6-3-4-14-26-20/h3-15,17H,16,18H2,1-2H3. The highest BCUT2D eigenvalue weighted by molar-refractivity contribution is 6.10. The molecule has 2 aromatic heterocycles. The third-order valence-corrected chi connectivity index (χ3v) is 4.54. The van der Waals surface area contributed by atoms with Gasteiger partial charge in [0.1, 0.15) is 18.1 Å². The molecule has 0 aliphatic rings. The molecule has 0 aliphatic carbocycles. The van der Waals surface area contributed by atoms with Crippen molar-refractivity contribution >= 4 is 23.7 Å². The first kappa shape index (κ1) is 21.8. The van der Waals surface area contributed by atoms with E-state index in [1.807, 2.05) is 48.1 Å². The Kier molecular flexibility index (Phi) is 7.54. The number of carbonyl (C=O) groups is 2. The summed E-state index contributed by atoms with van der Waals surface area (Å²) in [6, 6.07) is 14.8. The van der Waals surface area contributed by atoms with Gasteiger partial charge in [-0.05, 0) is 60.7 Å². The van der Waals surface area contributed by atoms with E-state index >= 15 is 0 Å². The molecule has 6 nitrogen and oxygen atoms in total. The first-order valence-electron chi connectivity index (χ1n) is 9.79. The first-order chi connectivity index (χ1) is 15.0. The van der Waals surface area contributed by atoms with Crippen molar-refractivity contribution in [3.8, 4) is 11.5 Å². The van der Waals surface area contributed by atoms with Crippen LogP contribution in [0.3, 0.4) is 0 Å². The van der Waals surface area contributed by atoms with Gasteiger partial charge in [-0.2, -0.15) is 0 Å². The topological polar surface area (TPSA) is 70.4 Å². The summed E-state index contributed by atoms with van der Waals surface area (Å²) in [5.74, 6) is 0.671. The van der Waals surface area contributed by atoms with Crippen LogP contribution in [-0.2, 0) is 23.2 Å². The van der Waals surface area contributed by atoms with Gasteiger partial charge in [0.05, 0.1) is 19.2 Å². The SMILES string of the molecule is COc1cc(OCc2ccccn2)ccc1C=CC(=O)CC(=O)C=Cc1cccn1C. The number of ketones is 2. The predicted molar refractivity (Wildman–Crippen MR) is 120 cm³/mol. The summed E-state index contributed by atoms with van der Waals surface area (Å²) in [5.41, 5.74) is 2.43. The lowest BCUT2D eigenvalue weighted by atomic mass is 10.1.